The first-order valence-corrected chi connectivity index (χ1v) is 6.64. The van der Waals surface area contributed by atoms with Crippen LogP contribution in [0, 0.1) is 6.92 Å². The molecule has 2 rings (SSSR count). The van der Waals surface area contributed by atoms with Crippen LogP contribution >= 0.6 is 0 Å². The van der Waals surface area contributed by atoms with Crippen LogP contribution < -0.4 is 14.9 Å². The minimum atomic E-state index is -0.371. The molecule has 0 atom stereocenters. The number of aromatic nitrogens is 2. The molecule has 116 valence electrons. The fourth-order valence-electron chi connectivity index (χ4n) is 1.85. The summed E-state index contributed by atoms with van der Waals surface area (Å²) in [6.45, 7) is 3.61. The van der Waals surface area contributed by atoms with Gasteiger partial charge in [-0.05, 0) is 38.1 Å². The van der Waals surface area contributed by atoms with Crippen molar-refractivity contribution in [2.24, 2.45) is 5.10 Å². The van der Waals surface area contributed by atoms with Crippen molar-refractivity contribution >= 4 is 11.6 Å². The van der Waals surface area contributed by atoms with E-state index in [2.05, 4.69) is 20.7 Å². The number of carbonyl (C=O) groups excluding carboxylic acids is 1. The second-order valence-electron chi connectivity index (χ2n) is 4.64. The van der Waals surface area contributed by atoms with Crippen molar-refractivity contribution in [3.63, 3.8) is 0 Å². The van der Waals surface area contributed by atoms with E-state index in [1.54, 1.807) is 39.3 Å². The standard InChI is InChI=1S/C15H18N4O3/c1-9-7-12(18-16-9)15(20)19-17-10(2)11-5-6-13(21-3)14(8-11)22-4/h5-8H,1-4H3,(H,16,18)(H,19,20)/b17-10-. The SMILES string of the molecule is COc1ccc(/C(C)=N\NC(=O)c2cc(C)[nH]n2)cc1OC. The highest BCUT2D eigenvalue weighted by molar-refractivity contribution is 6.00. The minimum Gasteiger partial charge on any atom is -0.493 e. The average Bonchev–Trinajstić information content (AvgIpc) is 2.98. The normalized spacial score (nSPS) is 11.2. The number of ether oxygens (including phenoxy) is 2. The Hall–Kier alpha value is -2.83. The smallest absolute Gasteiger partial charge is 0.291 e. The van der Waals surface area contributed by atoms with Crippen molar-refractivity contribution in [3.8, 4) is 11.5 Å². The van der Waals surface area contributed by atoms with Crippen molar-refractivity contribution in [2.75, 3.05) is 14.2 Å². The predicted octanol–water partition coefficient (Wildman–Crippen LogP) is 1.89. The predicted molar refractivity (Wildman–Crippen MR) is 82.5 cm³/mol. The number of aryl methyl sites for hydroxylation is 1. The van der Waals surface area contributed by atoms with E-state index in [0.717, 1.165) is 11.3 Å². The summed E-state index contributed by atoms with van der Waals surface area (Å²) < 4.78 is 10.4. The highest BCUT2D eigenvalue weighted by Crippen LogP contribution is 2.27. The van der Waals surface area contributed by atoms with Crippen LogP contribution in [0.1, 0.15) is 28.7 Å². The van der Waals surface area contributed by atoms with Crippen LogP contribution in [0.5, 0.6) is 11.5 Å². The number of nitrogens with one attached hydrogen (secondary N) is 2. The zero-order valence-electron chi connectivity index (χ0n) is 12.9. The van der Waals surface area contributed by atoms with Gasteiger partial charge in [0.1, 0.15) is 0 Å². The fourth-order valence-corrected chi connectivity index (χ4v) is 1.85. The summed E-state index contributed by atoms with van der Waals surface area (Å²) in [6.07, 6.45) is 0. The number of hydrogen-bond acceptors (Lipinski definition) is 5. The lowest BCUT2D eigenvalue weighted by Crippen LogP contribution is -2.19. The fraction of sp³-hybridized carbons (Fsp3) is 0.267. The van der Waals surface area contributed by atoms with Gasteiger partial charge in [-0.3, -0.25) is 9.89 Å². The third-order valence-electron chi connectivity index (χ3n) is 3.07. The quantitative estimate of drug-likeness (QED) is 0.652. The van der Waals surface area contributed by atoms with E-state index >= 15 is 0 Å². The summed E-state index contributed by atoms with van der Waals surface area (Å²) in [7, 11) is 3.14. The molecule has 7 nitrogen and oxygen atoms in total. The molecule has 0 aliphatic heterocycles. The molecule has 22 heavy (non-hydrogen) atoms. The van der Waals surface area contributed by atoms with Gasteiger partial charge in [-0.15, -0.1) is 0 Å². The van der Waals surface area contributed by atoms with Crippen molar-refractivity contribution in [2.45, 2.75) is 13.8 Å². The number of hydrogen-bond donors (Lipinski definition) is 2. The molecule has 2 N–H and O–H groups in total. The number of amides is 1. The second kappa shape index (κ2) is 6.75. The van der Waals surface area contributed by atoms with E-state index in [4.69, 9.17) is 9.47 Å². The van der Waals surface area contributed by atoms with Gasteiger partial charge in [0.05, 0.1) is 19.9 Å². The lowest BCUT2D eigenvalue weighted by molar-refractivity contribution is 0.0950. The van der Waals surface area contributed by atoms with Crippen LogP contribution in [-0.2, 0) is 0 Å². The van der Waals surface area contributed by atoms with Gasteiger partial charge in [0.15, 0.2) is 17.2 Å². The topological polar surface area (TPSA) is 88.6 Å². The van der Waals surface area contributed by atoms with Gasteiger partial charge in [-0.25, -0.2) is 5.43 Å². The zero-order valence-corrected chi connectivity index (χ0v) is 12.9. The van der Waals surface area contributed by atoms with Crippen molar-refractivity contribution in [1.82, 2.24) is 15.6 Å². The molecule has 0 bridgehead atoms. The largest absolute Gasteiger partial charge is 0.493 e. The first-order valence-electron chi connectivity index (χ1n) is 6.64. The van der Waals surface area contributed by atoms with Crippen LogP contribution in [0.4, 0.5) is 0 Å². The van der Waals surface area contributed by atoms with Crippen LogP contribution in [0.15, 0.2) is 29.4 Å². The molecular formula is C15H18N4O3. The van der Waals surface area contributed by atoms with Gasteiger partial charge in [-0.2, -0.15) is 10.2 Å². The van der Waals surface area contributed by atoms with Crippen LogP contribution in [0.3, 0.4) is 0 Å². The Balaban J connectivity index is 2.13. The van der Waals surface area contributed by atoms with Crippen molar-refractivity contribution in [1.29, 1.82) is 0 Å². The maximum absolute atomic E-state index is 11.9. The molecule has 0 saturated heterocycles. The molecule has 0 spiro atoms. The number of benzene rings is 1. The van der Waals surface area contributed by atoms with Gasteiger partial charge in [0, 0.05) is 11.3 Å². The van der Waals surface area contributed by atoms with Crippen molar-refractivity contribution < 1.29 is 14.3 Å². The molecule has 0 saturated carbocycles. The van der Waals surface area contributed by atoms with Crippen molar-refractivity contribution in [3.05, 3.63) is 41.2 Å². The number of carbonyl (C=O) groups is 1. The number of H-pyrrole nitrogens is 1. The third kappa shape index (κ3) is 3.43. The van der Waals surface area contributed by atoms with Gasteiger partial charge < -0.3 is 9.47 Å². The number of hydrazone groups is 1. The highest BCUT2D eigenvalue weighted by atomic mass is 16.5. The van der Waals surface area contributed by atoms with E-state index in [1.165, 1.54) is 0 Å². The zero-order chi connectivity index (χ0) is 16.1. The number of nitrogens with zero attached hydrogens (tertiary/aromatic N) is 2. The molecule has 1 aromatic carbocycles. The summed E-state index contributed by atoms with van der Waals surface area (Å²) in [5, 5.41) is 10.7. The summed E-state index contributed by atoms with van der Waals surface area (Å²) in [6, 6.07) is 7.07. The molecule has 0 unspecified atom stereocenters. The van der Waals surface area contributed by atoms with Crippen LogP contribution in [-0.4, -0.2) is 36.0 Å². The van der Waals surface area contributed by atoms with E-state index in [1.807, 2.05) is 13.0 Å². The molecule has 1 heterocycles. The Morgan fingerprint density at radius 3 is 2.55 bits per heavy atom. The molecule has 0 fully saturated rings. The molecular weight excluding hydrogens is 284 g/mol. The molecule has 0 aliphatic rings. The number of aromatic amines is 1. The van der Waals surface area contributed by atoms with Crippen LogP contribution in [0.25, 0.3) is 0 Å². The summed E-state index contributed by atoms with van der Waals surface area (Å²) in [5.41, 5.74) is 5.03. The van der Waals surface area contributed by atoms with Gasteiger partial charge in [-0.1, -0.05) is 0 Å². The lowest BCUT2D eigenvalue weighted by Gasteiger charge is -2.09. The first kappa shape index (κ1) is 15.6. The molecule has 2 aromatic rings. The molecule has 0 aliphatic carbocycles. The Morgan fingerprint density at radius 1 is 1.23 bits per heavy atom. The lowest BCUT2D eigenvalue weighted by atomic mass is 10.1. The Labute approximate surface area is 128 Å². The Bertz CT molecular complexity index is 707. The maximum Gasteiger partial charge on any atom is 0.291 e. The molecule has 7 heteroatoms. The number of methoxy groups -OCH3 is 2. The van der Waals surface area contributed by atoms with E-state index in [0.29, 0.717) is 22.9 Å². The van der Waals surface area contributed by atoms with Gasteiger partial charge in [0.2, 0.25) is 0 Å². The summed E-state index contributed by atoms with van der Waals surface area (Å²) in [5.74, 6) is 0.864. The average molecular weight is 302 g/mol. The molecule has 1 amide bonds. The minimum absolute atomic E-state index is 0.293. The second-order valence-corrected chi connectivity index (χ2v) is 4.64. The van der Waals surface area contributed by atoms with Gasteiger partial charge in [0.25, 0.3) is 5.91 Å². The van der Waals surface area contributed by atoms with E-state index in [-0.39, 0.29) is 5.91 Å². The molecule has 0 radical (unpaired) electrons. The molecule has 1 aromatic heterocycles. The highest BCUT2D eigenvalue weighted by Gasteiger charge is 2.09. The Morgan fingerprint density at radius 2 is 1.95 bits per heavy atom. The summed E-state index contributed by atoms with van der Waals surface area (Å²) in [4.78, 5) is 11.9. The van der Waals surface area contributed by atoms with E-state index in [9.17, 15) is 4.79 Å². The van der Waals surface area contributed by atoms with Crippen LogP contribution in [0.2, 0.25) is 0 Å². The monoisotopic (exact) mass is 302 g/mol. The maximum atomic E-state index is 11.9. The van der Waals surface area contributed by atoms with E-state index < -0.39 is 0 Å². The number of rotatable bonds is 5. The summed E-state index contributed by atoms with van der Waals surface area (Å²) >= 11 is 0. The Kier molecular flexibility index (Phi) is 4.77. The van der Waals surface area contributed by atoms with Gasteiger partial charge >= 0.3 is 0 Å². The third-order valence-corrected chi connectivity index (χ3v) is 3.07. The first-order chi connectivity index (χ1) is 10.5.